The van der Waals surface area contributed by atoms with Crippen molar-refractivity contribution in [1.29, 1.82) is 0 Å². The van der Waals surface area contributed by atoms with E-state index >= 15 is 0 Å². The molecule has 0 N–H and O–H groups in total. The molecule has 0 spiro atoms. The van der Waals surface area contributed by atoms with Gasteiger partial charge in [-0.15, -0.1) is 0 Å². The van der Waals surface area contributed by atoms with E-state index in [2.05, 4.69) is 4.74 Å². The second-order valence-electron chi connectivity index (χ2n) is 3.13. The van der Waals surface area contributed by atoms with Crippen molar-refractivity contribution in [1.82, 2.24) is 9.21 Å². The summed E-state index contributed by atoms with van der Waals surface area (Å²) in [6.45, 7) is 0.990. The quantitative estimate of drug-likeness (QED) is 0.447. The highest BCUT2D eigenvalue weighted by molar-refractivity contribution is 7.88. The number of nitrogens with zero attached hydrogens (tertiary/aromatic N) is 2. The zero-order chi connectivity index (χ0) is 11.5. The summed E-state index contributed by atoms with van der Waals surface area (Å²) in [5.74, 6) is 0. The molecule has 1 rings (SSSR count). The molecule has 7 nitrogen and oxygen atoms in total. The predicted molar refractivity (Wildman–Crippen MR) is 50.5 cm³/mol. The smallest absolute Gasteiger partial charge is 0.379 e. The van der Waals surface area contributed by atoms with Crippen molar-refractivity contribution in [3.63, 3.8) is 0 Å². The minimum atomic E-state index is -3.20. The van der Waals surface area contributed by atoms with Gasteiger partial charge >= 0.3 is 12.6 Å². The molecule has 1 heterocycles. The van der Waals surface area contributed by atoms with Gasteiger partial charge in [-0.05, 0) is 0 Å². The molecule has 0 atom stereocenters. The zero-order valence-electron chi connectivity index (χ0n) is 8.25. The molecule has 0 bridgehead atoms. The van der Waals surface area contributed by atoms with E-state index < -0.39 is 16.1 Å². The molecule has 0 radical (unpaired) electrons. The van der Waals surface area contributed by atoms with Gasteiger partial charge in [-0.2, -0.15) is 4.31 Å². The Balaban J connectivity index is 2.49. The van der Waals surface area contributed by atoms with Crippen LogP contribution in [0.5, 0.6) is 0 Å². The molecule has 15 heavy (non-hydrogen) atoms. The molecule has 0 aromatic heterocycles. The van der Waals surface area contributed by atoms with Crippen molar-refractivity contribution in [2.75, 3.05) is 32.4 Å². The summed E-state index contributed by atoms with van der Waals surface area (Å²) in [6, 6.07) is 0. The van der Waals surface area contributed by atoms with E-state index in [9.17, 15) is 18.0 Å². The average molecular weight is 236 g/mol. The van der Waals surface area contributed by atoms with Gasteiger partial charge in [0.25, 0.3) is 0 Å². The van der Waals surface area contributed by atoms with Crippen molar-refractivity contribution in [2.24, 2.45) is 0 Å². The van der Waals surface area contributed by atoms with E-state index in [0.717, 1.165) is 6.26 Å². The highest BCUT2D eigenvalue weighted by atomic mass is 32.2. The van der Waals surface area contributed by atoms with Gasteiger partial charge in [0.2, 0.25) is 10.0 Å². The lowest BCUT2D eigenvalue weighted by Crippen LogP contribution is -2.50. The molecule has 1 saturated heterocycles. The number of sulfonamides is 1. The van der Waals surface area contributed by atoms with E-state index in [4.69, 9.17) is 0 Å². The van der Waals surface area contributed by atoms with Crippen LogP contribution >= 0.6 is 0 Å². The van der Waals surface area contributed by atoms with Crippen LogP contribution in [-0.4, -0.2) is 62.6 Å². The Morgan fingerprint density at radius 3 is 2.20 bits per heavy atom. The van der Waals surface area contributed by atoms with Gasteiger partial charge in [-0.1, -0.05) is 0 Å². The van der Waals surface area contributed by atoms with Crippen molar-refractivity contribution in [3.8, 4) is 0 Å². The molecule has 0 unspecified atom stereocenters. The fraction of sp³-hybridized carbons (Fsp3) is 0.714. The van der Waals surface area contributed by atoms with Crippen LogP contribution in [0.4, 0.5) is 4.79 Å². The number of amides is 1. The van der Waals surface area contributed by atoms with Crippen molar-refractivity contribution < 1.29 is 22.7 Å². The fourth-order valence-corrected chi connectivity index (χ4v) is 2.14. The molecule has 1 amide bonds. The number of carbonyl (C=O) groups is 2. The van der Waals surface area contributed by atoms with Gasteiger partial charge in [-0.3, -0.25) is 4.79 Å². The Morgan fingerprint density at radius 1 is 1.27 bits per heavy atom. The number of hydrogen-bond donors (Lipinski definition) is 0. The van der Waals surface area contributed by atoms with E-state index in [1.807, 2.05) is 0 Å². The molecule has 1 aliphatic rings. The van der Waals surface area contributed by atoms with Crippen LogP contribution in [-0.2, 0) is 19.6 Å². The lowest BCUT2D eigenvalue weighted by molar-refractivity contribution is -0.124. The maximum atomic E-state index is 11.1. The Hall–Kier alpha value is -1.15. The number of carbonyl (C=O) groups excluding carboxylic acids is 2. The number of hydrogen-bond acceptors (Lipinski definition) is 5. The van der Waals surface area contributed by atoms with Crippen molar-refractivity contribution in [3.05, 3.63) is 0 Å². The van der Waals surface area contributed by atoms with Crippen LogP contribution in [0.1, 0.15) is 0 Å². The van der Waals surface area contributed by atoms with Gasteiger partial charge in [0.05, 0.1) is 6.26 Å². The molecule has 0 aliphatic carbocycles. The minimum absolute atomic E-state index is 0.0608. The van der Waals surface area contributed by atoms with Gasteiger partial charge in [0.1, 0.15) is 0 Å². The molecule has 1 aliphatic heterocycles. The molecule has 8 heteroatoms. The average Bonchev–Trinajstić information content (AvgIpc) is 2.17. The Labute approximate surface area is 87.6 Å². The number of rotatable bonds is 2. The minimum Gasteiger partial charge on any atom is -0.379 e. The fourth-order valence-electron chi connectivity index (χ4n) is 1.32. The van der Waals surface area contributed by atoms with Crippen molar-refractivity contribution >= 4 is 22.6 Å². The largest absolute Gasteiger partial charge is 0.417 e. The first-order valence-corrected chi connectivity index (χ1v) is 6.14. The predicted octanol–water partition coefficient (Wildman–Crippen LogP) is -1.14. The third kappa shape index (κ3) is 3.17. The van der Waals surface area contributed by atoms with Crippen molar-refractivity contribution in [2.45, 2.75) is 0 Å². The first kappa shape index (κ1) is 11.9. The number of ether oxygens (including phenoxy) is 1. The maximum absolute atomic E-state index is 11.1. The lowest BCUT2D eigenvalue weighted by Gasteiger charge is -2.31. The van der Waals surface area contributed by atoms with E-state index in [1.54, 1.807) is 0 Å². The molecule has 0 saturated carbocycles. The van der Waals surface area contributed by atoms with Crippen LogP contribution in [0.15, 0.2) is 0 Å². The second kappa shape index (κ2) is 4.58. The van der Waals surface area contributed by atoms with Crippen LogP contribution < -0.4 is 0 Å². The standard InChI is InChI=1S/C7H12N2O5S/c1-15(12,13)9-4-2-8(3-5-9)7(11)14-6-10/h6H,2-5H2,1H3. The molecular weight excluding hydrogens is 224 g/mol. The normalized spacial score (nSPS) is 18.6. The summed E-state index contributed by atoms with van der Waals surface area (Å²) in [7, 11) is -3.20. The molecule has 86 valence electrons. The highest BCUT2D eigenvalue weighted by Crippen LogP contribution is 2.06. The van der Waals surface area contributed by atoms with Gasteiger partial charge < -0.3 is 9.64 Å². The molecular formula is C7H12N2O5S. The molecule has 0 aromatic rings. The topological polar surface area (TPSA) is 84.0 Å². The summed E-state index contributed by atoms with van der Waals surface area (Å²) in [5, 5.41) is 0. The van der Waals surface area contributed by atoms with Crippen LogP contribution in [0.2, 0.25) is 0 Å². The highest BCUT2D eigenvalue weighted by Gasteiger charge is 2.26. The first-order valence-electron chi connectivity index (χ1n) is 4.29. The summed E-state index contributed by atoms with van der Waals surface area (Å²) in [4.78, 5) is 22.3. The van der Waals surface area contributed by atoms with Crippen LogP contribution in [0, 0.1) is 0 Å². The monoisotopic (exact) mass is 236 g/mol. The molecule has 0 aromatic carbocycles. The van der Waals surface area contributed by atoms with E-state index in [1.165, 1.54) is 9.21 Å². The van der Waals surface area contributed by atoms with Crippen LogP contribution in [0.25, 0.3) is 0 Å². The summed E-state index contributed by atoms with van der Waals surface area (Å²) < 4.78 is 27.7. The van der Waals surface area contributed by atoms with Crippen LogP contribution in [0.3, 0.4) is 0 Å². The summed E-state index contributed by atoms with van der Waals surface area (Å²) >= 11 is 0. The van der Waals surface area contributed by atoms with E-state index in [-0.39, 0.29) is 32.7 Å². The van der Waals surface area contributed by atoms with Gasteiger partial charge in [0, 0.05) is 26.2 Å². The molecule has 1 fully saturated rings. The lowest BCUT2D eigenvalue weighted by atomic mass is 10.4. The Morgan fingerprint density at radius 2 is 1.80 bits per heavy atom. The Bertz CT molecular complexity index is 344. The first-order chi connectivity index (χ1) is 6.95. The Kier molecular flexibility index (Phi) is 3.64. The van der Waals surface area contributed by atoms with E-state index in [0.29, 0.717) is 0 Å². The van der Waals surface area contributed by atoms with Gasteiger partial charge in [0.15, 0.2) is 0 Å². The third-order valence-corrected chi connectivity index (χ3v) is 3.42. The van der Waals surface area contributed by atoms with Gasteiger partial charge in [-0.25, -0.2) is 13.2 Å². The zero-order valence-corrected chi connectivity index (χ0v) is 9.07. The third-order valence-electron chi connectivity index (χ3n) is 2.11. The summed E-state index contributed by atoms with van der Waals surface area (Å²) in [6.07, 6.45) is 0.380. The maximum Gasteiger partial charge on any atom is 0.417 e. The SMILES string of the molecule is CS(=O)(=O)N1CCN(C(=O)OC=O)CC1. The number of piperazine rings is 1. The summed E-state index contributed by atoms with van der Waals surface area (Å²) in [5.41, 5.74) is 0. The second-order valence-corrected chi connectivity index (χ2v) is 5.11.